The van der Waals surface area contributed by atoms with Crippen LogP contribution in [0.25, 0.3) is 5.57 Å². The molecule has 3 nitrogen and oxygen atoms in total. The Morgan fingerprint density at radius 2 is 2.00 bits per heavy atom. The fourth-order valence-corrected chi connectivity index (χ4v) is 1.50. The predicted molar refractivity (Wildman–Crippen MR) is 62.8 cm³/mol. The van der Waals surface area contributed by atoms with Crippen molar-refractivity contribution in [2.75, 3.05) is 14.2 Å². The lowest BCUT2D eigenvalue weighted by atomic mass is 10.0. The van der Waals surface area contributed by atoms with Crippen LogP contribution in [-0.4, -0.2) is 20.2 Å². The molecule has 0 unspecified atom stereocenters. The van der Waals surface area contributed by atoms with Gasteiger partial charge in [0.05, 0.1) is 13.7 Å². The highest BCUT2D eigenvalue weighted by molar-refractivity contribution is 5.91. The van der Waals surface area contributed by atoms with Gasteiger partial charge in [-0.15, -0.1) is 0 Å². The quantitative estimate of drug-likeness (QED) is 0.577. The summed E-state index contributed by atoms with van der Waals surface area (Å²) in [6, 6.07) is 7.82. The Bertz CT molecular complexity index is 394. The Labute approximate surface area is 95.7 Å². The summed E-state index contributed by atoms with van der Waals surface area (Å²) in [4.78, 5) is 11.1. The highest BCUT2D eigenvalue weighted by Gasteiger charge is 2.05. The lowest BCUT2D eigenvalue weighted by Gasteiger charge is -2.08. The molecule has 0 aromatic heterocycles. The van der Waals surface area contributed by atoms with Crippen LogP contribution in [0.1, 0.15) is 18.1 Å². The van der Waals surface area contributed by atoms with Crippen LogP contribution in [0.5, 0.6) is 0 Å². The van der Waals surface area contributed by atoms with Crippen LogP contribution in [0.3, 0.4) is 0 Å². The standard InChI is InChI=1S/C13H16O3/c1-10(8-13(14)16-3)12-7-5-4-6-11(12)9-15-2/h4-8H,9H2,1-3H3/b10-8-. The molecule has 0 aliphatic heterocycles. The summed E-state index contributed by atoms with van der Waals surface area (Å²) in [6.45, 7) is 2.41. The summed E-state index contributed by atoms with van der Waals surface area (Å²) >= 11 is 0. The fraction of sp³-hybridized carbons (Fsp3) is 0.308. The van der Waals surface area contributed by atoms with E-state index in [2.05, 4.69) is 4.74 Å². The third-order valence-electron chi connectivity index (χ3n) is 2.28. The molecular weight excluding hydrogens is 204 g/mol. The van der Waals surface area contributed by atoms with E-state index in [-0.39, 0.29) is 5.97 Å². The lowest BCUT2D eigenvalue weighted by molar-refractivity contribution is -0.134. The third kappa shape index (κ3) is 3.21. The zero-order valence-corrected chi connectivity index (χ0v) is 9.82. The molecule has 0 atom stereocenters. The number of benzene rings is 1. The van der Waals surface area contributed by atoms with Crippen molar-refractivity contribution in [3.63, 3.8) is 0 Å². The monoisotopic (exact) mass is 220 g/mol. The largest absolute Gasteiger partial charge is 0.466 e. The SMILES string of the molecule is COCc1ccccc1/C(C)=C\C(=O)OC. The van der Waals surface area contributed by atoms with Crippen LogP contribution in [0.15, 0.2) is 30.3 Å². The van der Waals surface area contributed by atoms with E-state index in [4.69, 9.17) is 4.74 Å². The highest BCUT2D eigenvalue weighted by atomic mass is 16.5. The molecule has 0 saturated heterocycles. The molecule has 16 heavy (non-hydrogen) atoms. The molecule has 0 radical (unpaired) electrons. The minimum atomic E-state index is -0.343. The summed E-state index contributed by atoms with van der Waals surface area (Å²) in [5.41, 5.74) is 2.94. The number of carbonyl (C=O) groups excluding carboxylic acids is 1. The molecule has 86 valence electrons. The molecule has 0 aliphatic carbocycles. The number of hydrogen-bond acceptors (Lipinski definition) is 3. The molecule has 0 fully saturated rings. The minimum Gasteiger partial charge on any atom is -0.466 e. The molecule has 0 amide bonds. The van der Waals surface area contributed by atoms with E-state index in [1.54, 1.807) is 7.11 Å². The lowest BCUT2D eigenvalue weighted by Crippen LogP contribution is -1.98. The van der Waals surface area contributed by atoms with Crippen molar-refractivity contribution in [3.05, 3.63) is 41.5 Å². The molecular formula is C13H16O3. The average Bonchev–Trinajstić information content (AvgIpc) is 2.30. The Morgan fingerprint density at radius 3 is 2.62 bits per heavy atom. The van der Waals surface area contributed by atoms with Crippen LogP contribution in [0, 0.1) is 0 Å². The van der Waals surface area contributed by atoms with E-state index >= 15 is 0 Å². The van der Waals surface area contributed by atoms with Gasteiger partial charge in [0.15, 0.2) is 0 Å². The number of carbonyl (C=O) groups is 1. The first-order valence-corrected chi connectivity index (χ1v) is 5.02. The van der Waals surface area contributed by atoms with E-state index in [0.717, 1.165) is 16.7 Å². The predicted octanol–water partition coefficient (Wildman–Crippen LogP) is 2.41. The molecule has 1 aromatic carbocycles. The molecule has 0 aliphatic rings. The van der Waals surface area contributed by atoms with Crippen LogP contribution in [0.4, 0.5) is 0 Å². The van der Waals surface area contributed by atoms with E-state index in [0.29, 0.717) is 6.61 Å². The van der Waals surface area contributed by atoms with Gasteiger partial charge in [0, 0.05) is 13.2 Å². The Morgan fingerprint density at radius 1 is 1.31 bits per heavy atom. The van der Waals surface area contributed by atoms with Crippen molar-refractivity contribution < 1.29 is 14.3 Å². The summed E-state index contributed by atoms with van der Waals surface area (Å²) in [5.74, 6) is -0.343. The molecule has 3 heteroatoms. The number of esters is 1. The number of methoxy groups -OCH3 is 2. The Kier molecular flexibility index (Phi) is 4.73. The number of hydrogen-bond donors (Lipinski definition) is 0. The van der Waals surface area contributed by atoms with Crippen molar-refractivity contribution in [2.45, 2.75) is 13.5 Å². The normalized spacial score (nSPS) is 11.3. The summed E-state index contributed by atoms with van der Waals surface area (Å²) in [5, 5.41) is 0. The van der Waals surface area contributed by atoms with Crippen molar-refractivity contribution in [2.24, 2.45) is 0 Å². The maximum atomic E-state index is 11.1. The zero-order chi connectivity index (χ0) is 12.0. The first-order chi connectivity index (χ1) is 7.69. The molecule has 0 spiro atoms. The maximum absolute atomic E-state index is 11.1. The molecule has 0 heterocycles. The first-order valence-electron chi connectivity index (χ1n) is 5.02. The number of ether oxygens (including phenoxy) is 2. The van der Waals surface area contributed by atoms with Gasteiger partial charge in [-0.2, -0.15) is 0 Å². The van der Waals surface area contributed by atoms with Gasteiger partial charge in [-0.1, -0.05) is 24.3 Å². The summed E-state index contributed by atoms with van der Waals surface area (Å²) in [7, 11) is 3.02. The van der Waals surface area contributed by atoms with Crippen LogP contribution in [-0.2, 0) is 20.9 Å². The van der Waals surface area contributed by atoms with Gasteiger partial charge in [0.2, 0.25) is 0 Å². The summed E-state index contributed by atoms with van der Waals surface area (Å²) in [6.07, 6.45) is 1.48. The summed E-state index contributed by atoms with van der Waals surface area (Å²) < 4.78 is 9.70. The maximum Gasteiger partial charge on any atom is 0.330 e. The smallest absolute Gasteiger partial charge is 0.330 e. The van der Waals surface area contributed by atoms with E-state index in [9.17, 15) is 4.79 Å². The Hall–Kier alpha value is -1.61. The minimum absolute atomic E-state index is 0.343. The average molecular weight is 220 g/mol. The van der Waals surface area contributed by atoms with Gasteiger partial charge in [0.25, 0.3) is 0 Å². The van der Waals surface area contributed by atoms with E-state index in [1.807, 2.05) is 31.2 Å². The zero-order valence-electron chi connectivity index (χ0n) is 9.82. The van der Waals surface area contributed by atoms with Gasteiger partial charge < -0.3 is 9.47 Å². The van der Waals surface area contributed by atoms with Crippen molar-refractivity contribution in [1.82, 2.24) is 0 Å². The Balaban J connectivity index is 3.02. The number of rotatable bonds is 4. The topological polar surface area (TPSA) is 35.5 Å². The fourth-order valence-electron chi connectivity index (χ4n) is 1.50. The second kappa shape index (κ2) is 6.08. The number of allylic oxidation sites excluding steroid dienone is 1. The van der Waals surface area contributed by atoms with Gasteiger partial charge in [-0.05, 0) is 23.6 Å². The van der Waals surface area contributed by atoms with Gasteiger partial charge in [-0.25, -0.2) is 4.79 Å². The van der Waals surface area contributed by atoms with E-state index < -0.39 is 0 Å². The van der Waals surface area contributed by atoms with Crippen molar-refractivity contribution in [3.8, 4) is 0 Å². The second-order valence-electron chi connectivity index (χ2n) is 3.44. The van der Waals surface area contributed by atoms with Gasteiger partial charge in [0.1, 0.15) is 0 Å². The molecule has 0 bridgehead atoms. The molecule has 1 aromatic rings. The molecule has 0 N–H and O–H groups in total. The highest BCUT2D eigenvalue weighted by Crippen LogP contribution is 2.19. The van der Waals surface area contributed by atoms with Crippen molar-refractivity contribution >= 4 is 11.5 Å². The third-order valence-corrected chi connectivity index (χ3v) is 2.28. The van der Waals surface area contributed by atoms with Crippen LogP contribution >= 0.6 is 0 Å². The van der Waals surface area contributed by atoms with E-state index in [1.165, 1.54) is 13.2 Å². The van der Waals surface area contributed by atoms with Crippen LogP contribution < -0.4 is 0 Å². The second-order valence-corrected chi connectivity index (χ2v) is 3.44. The van der Waals surface area contributed by atoms with Crippen LogP contribution in [0.2, 0.25) is 0 Å². The van der Waals surface area contributed by atoms with Crippen molar-refractivity contribution in [1.29, 1.82) is 0 Å². The first kappa shape index (κ1) is 12.5. The molecule has 1 rings (SSSR count). The molecule has 0 saturated carbocycles. The van der Waals surface area contributed by atoms with Gasteiger partial charge >= 0.3 is 5.97 Å². The van der Waals surface area contributed by atoms with Gasteiger partial charge in [-0.3, -0.25) is 0 Å².